The van der Waals surface area contributed by atoms with E-state index in [0.717, 1.165) is 32.4 Å². The third kappa shape index (κ3) is 10.5. The van der Waals surface area contributed by atoms with Gasteiger partial charge in [0.1, 0.15) is 0 Å². The van der Waals surface area contributed by atoms with Crippen molar-refractivity contribution in [2.75, 3.05) is 38.6 Å². The van der Waals surface area contributed by atoms with Crippen molar-refractivity contribution in [2.24, 2.45) is 4.99 Å². The summed E-state index contributed by atoms with van der Waals surface area (Å²) in [4.78, 5) is 4.43. The van der Waals surface area contributed by atoms with Crippen LogP contribution in [0.25, 0.3) is 0 Å². The summed E-state index contributed by atoms with van der Waals surface area (Å²) in [6, 6.07) is 0. The SMILES string of the molecule is CCCCOCCCN=C(NCC)NCCS(=O)(=O)C(C)(C)C. The molecule has 0 saturated carbocycles. The minimum atomic E-state index is -3.11. The molecule has 0 heterocycles. The van der Waals surface area contributed by atoms with Crippen molar-refractivity contribution in [3.8, 4) is 0 Å². The van der Waals surface area contributed by atoms with E-state index < -0.39 is 14.6 Å². The van der Waals surface area contributed by atoms with Crippen molar-refractivity contribution in [3.05, 3.63) is 0 Å². The fourth-order valence-corrected chi connectivity index (χ4v) is 2.64. The monoisotopic (exact) mass is 349 g/mol. The summed E-state index contributed by atoms with van der Waals surface area (Å²) in [6.45, 7) is 12.6. The van der Waals surface area contributed by atoms with E-state index >= 15 is 0 Å². The maximum Gasteiger partial charge on any atom is 0.191 e. The minimum absolute atomic E-state index is 0.0983. The Balaban J connectivity index is 4.13. The molecule has 23 heavy (non-hydrogen) atoms. The average Bonchev–Trinajstić information content (AvgIpc) is 2.45. The van der Waals surface area contributed by atoms with Crippen LogP contribution in [0, 0.1) is 0 Å². The van der Waals surface area contributed by atoms with Gasteiger partial charge in [-0.3, -0.25) is 4.99 Å². The highest BCUT2D eigenvalue weighted by Crippen LogP contribution is 2.15. The van der Waals surface area contributed by atoms with Crippen LogP contribution in [0.1, 0.15) is 53.9 Å². The second-order valence-electron chi connectivity index (χ2n) is 6.44. The molecule has 0 fully saturated rings. The molecule has 0 amide bonds. The van der Waals surface area contributed by atoms with E-state index in [-0.39, 0.29) is 5.75 Å². The molecule has 0 saturated heterocycles. The molecule has 0 aromatic rings. The number of aliphatic imine (C=N–C) groups is 1. The molecule has 2 N–H and O–H groups in total. The van der Waals surface area contributed by atoms with Gasteiger partial charge in [0.25, 0.3) is 0 Å². The first-order valence-corrected chi connectivity index (χ1v) is 10.2. The molecule has 0 spiro atoms. The lowest BCUT2D eigenvalue weighted by Gasteiger charge is -2.19. The zero-order valence-electron chi connectivity index (χ0n) is 15.4. The summed E-state index contributed by atoms with van der Waals surface area (Å²) >= 11 is 0. The standard InChI is InChI=1S/C16H35N3O3S/c1-6-8-12-22-13-9-10-18-15(17-7-2)19-11-14-23(20,21)16(3,4)5/h6-14H2,1-5H3,(H2,17,18,19). The number of guanidine groups is 1. The Kier molecular flexibility index (Phi) is 11.3. The van der Waals surface area contributed by atoms with Gasteiger partial charge in [-0.1, -0.05) is 13.3 Å². The third-order valence-electron chi connectivity index (χ3n) is 3.30. The summed E-state index contributed by atoms with van der Waals surface area (Å²) in [7, 11) is -3.11. The zero-order chi connectivity index (χ0) is 17.8. The van der Waals surface area contributed by atoms with Crippen molar-refractivity contribution >= 4 is 15.8 Å². The molecular formula is C16H35N3O3S. The first-order chi connectivity index (χ1) is 10.7. The number of rotatable bonds is 11. The maximum atomic E-state index is 12.1. The van der Waals surface area contributed by atoms with E-state index in [4.69, 9.17) is 4.74 Å². The number of nitrogens with zero attached hydrogens (tertiary/aromatic N) is 1. The summed E-state index contributed by atoms with van der Waals surface area (Å²) < 4.78 is 28.9. The van der Waals surface area contributed by atoms with Crippen LogP contribution < -0.4 is 10.6 Å². The van der Waals surface area contributed by atoms with Gasteiger partial charge >= 0.3 is 0 Å². The average molecular weight is 350 g/mol. The van der Waals surface area contributed by atoms with E-state index in [0.29, 0.717) is 25.7 Å². The molecule has 0 bridgehead atoms. The Morgan fingerprint density at radius 3 is 2.30 bits per heavy atom. The molecule has 138 valence electrons. The van der Waals surface area contributed by atoms with E-state index in [1.807, 2.05) is 6.92 Å². The van der Waals surface area contributed by atoms with Gasteiger partial charge in [0.2, 0.25) is 0 Å². The molecule has 0 aliphatic rings. The molecule has 0 aromatic heterocycles. The van der Waals surface area contributed by atoms with E-state index in [1.165, 1.54) is 0 Å². The van der Waals surface area contributed by atoms with Gasteiger partial charge < -0.3 is 15.4 Å². The molecule has 0 unspecified atom stereocenters. The molecule has 0 aliphatic carbocycles. The fraction of sp³-hybridized carbons (Fsp3) is 0.938. The number of ether oxygens (including phenoxy) is 1. The van der Waals surface area contributed by atoms with Gasteiger partial charge in [0.15, 0.2) is 15.8 Å². The predicted molar refractivity (Wildman–Crippen MR) is 97.9 cm³/mol. The lowest BCUT2D eigenvalue weighted by Crippen LogP contribution is -2.41. The van der Waals surface area contributed by atoms with Crippen LogP contribution in [0.3, 0.4) is 0 Å². The first kappa shape index (κ1) is 22.2. The van der Waals surface area contributed by atoms with Crippen LogP contribution in [-0.4, -0.2) is 57.7 Å². The minimum Gasteiger partial charge on any atom is -0.381 e. The van der Waals surface area contributed by atoms with Crippen LogP contribution in [0.2, 0.25) is 0 Å². The summed E-state index contributed by atoms with van der Waals surface area (Å²) in [5.41, 5.74) is 0. The van der Waals surface area contributed by atoms with Crippen molar-refractivity contribution < 1.29 is 13.2 Å². The Hall–Kier alpha value is -0.820. The van der Waals surface area contributed by atoms with Gasteiger partial charge in [-0.15, -0.1) is 0 Å². The lowest BCUT2D eigenvalue weighted by atomic mass is 10.3. The van der Waals surface area contributed by atoms with Crippen molar-refractivity contribution in [1.29, 1.82) is 0 Å². The van der Waals surface area contributed by atoms with Gasteiger partial charge in [-0.2, -0.15) is 0 Å². The maximum absolute atomic E-state index is 12.1. The molecule has 0 aliphatic heterocycles. The molecule has 0 aromatic carbocycles. The number of unbranched alkanes of at least 4 members (excludes halogenated alkanes) is 1. The zero-order valence-corrected chi connectivity index (χ0v) is 16.3. The van der Waals surface area contributed by atoms with E-state index in [2.05, 4.69) is 22.5 Å². The highest BCUT2D eigenvalue weighted by Gasteiger charge is 2.28. The highest BCUT2D eigenvalue weighted by molar-refractivity contribution is 7.92. The number of hydrogen-bond donors (Lipinski definition) is 2. The van der Waals surface area contributed by atoms with Gasteiger partial charge in [0, 0.05) is 32.8 Å². The Morgan fingerprint density at radius 2 is 1.74 bits per heavy atom. The first-order valence-electron chi connectivity index (χ1n) is 8.56. The van der Waals surface area contributed by atoms with Crippen LogP contribution in [0.4, 0.5) is 0 Å². The fourth-order valence-electron chi connectivity index (χ4n) is 1.66. The Morgan fingerprint density at radius 1 is 1.09 bits per heavy atom. The number of sulfone groups is 1. The third-order valence-corrected chi connectivity index (χ3v) is 5.91. The van der Waals surface area contributed by atoms with Gasteiger partial charge in [0.05, 0.1) is 10.5 Å². The number of hydrogen-bond acceptors (Lipinski definition) is 4. The van der Waals surface area contributed by atoms with Crippen LogP contribution >= 0.6 is 0 Å². The normalized spacial score (nSPS) is 13.2. The molecule has 0 radical (unpaired) electrons. The lowest BCUT2D eigenvalue weighted by molar-refractivity contribution is 0.130. The summed E-state index contributed by atoms with van der Waals surface area (Å²) in [6.07, 6.45) is 3.10. The van der Waals surface area contributed by atoms with Crippen molar-refractivity contribution in [2.45, 2.75) is 58.6 Å². The molecule has 0 atom stereocenters. The Labute approximate surface area is 142 Å². The molecule has 0 rings (SSSR count). The van der Waals surface area contributed by atoms with Crippen LogP contribution in [0.5, 0.6) is 0 Å². The van der Waals surface area contributed by atoms with Crippen LogP contribution in [-0.2, 0) is 14.6 Å². The smallest absolute Gasteiger partial charge is 0.191 e. The van der Waals surface area contributed by atoms with Gasteiger partial charge in [-0.25, -0.2) is 8.42 Å². The molecular weight excluding hydrogens is 314 g/mol. The van der Waals surface area contributed by atoms with Gasteiger partial charge in [-0.05, 0) is 40.5 Å². The van der Waals surface area contributed by atoms with Crippen molar-refractivity contribution in [3.63, 3.8) is 0 Å². The molecule has 7 heteroatoms. The number of nitrogens with one attached hydrogen (secondary N) is 2. The second kappa shape index (κ2) is 11.7. The quantitative estimate of drug-likeness (QED) is 0.339. The molecule has 6 nitrogen and oxygen atoms in total. The summed E-state index contributed by atoms with van der Waals surface area (Å²) in [5.74, 6) is 0.756. The topological polar surface area (TPSA) is 79.8 Å². The van der Waals surface area contributed by atoms with Crippen LogP contribution in [0.15, 0.2) is 4.99 Å². The second-order valence-corrected chi connectivity index (χ2v) is 9.30. The highest BCUT2D eigenvalue weighted by atomic mass is 32.2. The largest absolute Gasteiger partial charge is 0.381 e. The predicted octanol–water partition coefficient (Wildman–Crippen LogP) is 1.96. The van der Waals surface area contributed by atoms with Crippen molar-refractivity contribution in [1.82, 2.24) is 10.6 Å². The van der Waals surface area contributed by atoms with E-state index in [1.54, 1.807) is 20.8 Å². The summed E-state index contributed by atoms with van der Waals surface area (Å²) in [5, 5.41) is 6.20. The van der Waals surface area contributed by atoms with E-state index in [9.17, 15) is 8.42 Å². The Bertz CT molecular complexity index is 428.